The summed E-state index contributed by atoms with van der Waals surface area (Å²) in [4.78, 5) is 0. The SMILES string of the molecule is N#Cc1n[nH]nc1-c1cccn1Cc1ccc(Cl)cc1Cl. The van der Waals surface area contributed by atoms with Gasteiger partial charge in [0, 0.05) is 22.8 Å². The van der Waals surface area contributed by atoms with Crippen molar-refractivity contribution in [3.63, 3.8) is 0 Å². The van der Waals surface area contributed by atoms with E-state index in [9.17, 15) is 0 Å². The number of halogens is 2. The molecule has 2 heterocycles. The van der Waals surface area contributed by atoms with Gasteiger partial charge in [-0.2, -0.15) is 15.6 Å². The van der Waals surface area contributed by atoms with Crippen molar-refractivity contribution in [1.82, 2.24) is 20.0 Å². The van der Waals surface area contributed by atoms with Gasteiger partial charge in [0.05, 0.1) is 5.69 Å². The fraction of sp³-hybridized carbons (Fsp3) is 0.0714. The van der Waals surface area contributed by atoms with Crippen LogP contribution in [0.1, 0.15) is 11.3 Å². The Kier molecular flexibility index (Phi) is 3.65. The van der Waals surface area contributed by atoms with Crippen molar-refractivity contribution in [1.29, 1.82) is 5.26 Å². The summed E-state index contributed by atoms with van der Waals surface area (Å²) >= 11 is 12.1. The molecular formula is C14H9Cl2N5. The van der Waals surface area contributed by atoms with Crippen LogP contribution in [-0.2, 0) is 6.54 Å². The molecule has 0 radical (unpaired) electrons. The summed E-state index contributed by atoms with van der Waals surface area (Å²) in [6.07, 6.45) is 1.90. The quantitative estimate of drug-likeness (QED) is 0.803. The van der Waals surface area contributed by atoms with E-state index in [1.807, 2.05) is 35.0 Å². The third kappa shape index (κ3) is 2.64. The number of nitrogens with one attached hydrogen (secondary N) is 1. The Morgan fingerprint density at radius 3 is 2.86 bits per heavy atom. The van der Waals surface area contributed by atoms with Gasteiger partial charge in [-0.1, -0.05) is 29.3 Å². The zero-order valence-corrected chi connectivity index (χ0v) is 12.2. The van der Waals surface area contributed by atoms with Crippen LogP contribution in [0.15, 0.2) is 36.5 Å². The number of rotatable bonds is 3. The fourth-order valence-electron chi connectivity index (χ4n) is 2.09. The lowest BCUT2D eigenvalue weighted by Crippen LogP contribution is -2.02. The Morgan fingerprint density at radius 1 is 1.24 bits per heavy atom. The number of nitrogens with zero attached hydrogens (tertiary/aromatic N) is 4. The number of aromatic nitrogens is 4. The Labute approximate surface area is 130 Å². The predicted molar refractivity (Wildman–Crippen MR) is 80.1 cm³/mol. The molecule has 0 saturated heterocycles. The van der Waals surface area contributed by atoms with Gasteiger partial charge in [-0.15, -0.1) is 5.10 Å². The first kappa shape index (κ1) is 13.7. The Bertz CT molecular complexity index is 828. The first-order chi connectivity index (χ1) is 10.2. The molecule has 1 N–H and O–H groups in total. The molecule has 0 aliphatic rings. The number of hydrogen-bond donors (Lipinski definition) is 1. The molecule has 0 saturated carbocycles. The molecule has 0 aliphatic heterocycles. The van der Waals surface area contributed by atoms with Gasteiger partial charge in [0.15, 0.2) is 5.69 Å². The van der Waals surface area contributed by atoms with Crippen LogP contribution < -0.4 is 0 Å². The van der Waals surface area contributed by atoms with E-state index in [1.165, 1.54) is 0 Å². The summed E-state index contributed by atoms with van der Waals surface area (Å²) in [5, 5.41) is 20.6. The summed E-state index contributed by atoms with van der Waals surface area (Å²) in [7, 11) is 0. The smallest absolute Gasteiger partial charge is 0.191 e. The maximum Gasteiger partial charge on any atom is 0.191 e. The predicted octanol–water partition coefficient (Wildman–Crippen LogP) is 3.50. The van der Waals surface area contributed by atoms with Gasteiger partial charge in [-0.05, 0) is 29.8 Å². The minimum Gasteiger partial charge on any atom is -0.342 e. The second-order valence-electron chi connectivity index (χ2n) is 4.39. The second-order valence-corrected chi connectivity index (χ2v) is 5.23. The third-order valence-corrected chi connectivity index (χ3v) is 3.67. The lowest BCUT2D eigenvalue weighted by molar-refractivity contribution is 0.810. The Balaban J connectivity index is 1.98. The number of aromatic amines is 1. The van der Waals surface area contributed by atoms with Crippen molar-refractivity contribution in [2.24, 2.45) is 0 Å². The first-order valence-corrected chi connectivity index (χ1v) is 6.85. The normalized spacial score (nSPS) is 10.5. The van der Waals surface area contributed by atoms with Crippen LogP contribution >= 0.6 is 23.2 Å². The monoisotopic (exact) mass is 317 g/mol. The van der Waals surface area contributed by atoms with E-state index >= 15 is 0 Å². The van der Waals surface area contributed by atoms with Crippen molar-refractivity contribution in [2.45, 2.75) is 6.54 Å². The van der Waals surface area contributed by atoms with E-state index in [4.69, 9.17) is 28.5 Å². The second kappa shape index (κ2) is 5.60. The highest BCUT2D eigenvalue weighted by Crippen LogP contribution is 2.25. The van der Waals surface area contributed by atoms with Crippen LogP contribution in [0.5, 0.6) is 0 Å². The average Bonchev–Trinajstić information content (AvgIpc) is 3.09. The fourth-order valence-corrected chi connectivity index (χ4v) is 2.56. The molecular weight excluding hydrogens is 309 g/mol. The van der Waals surface area contributed by atoms with Gasteiger partial charge < -0.3 is 4.57 Å². The molecule has 0 aliphatic carbocycles. The number of benzene rings is 1. The van der Waals surface area contributed by atoms with E-state index in [-0.39, 0.29) is 5.69 Å². The van der Waals surface area contributed by atoms with E-state index in [2.05, 4.69) is 15.4 Å². The van der Waals surface area contributed by atoms with Crippen LogP contribution in [0, 0.1) is 11.3 Å². The van der Waals surface area contributed by atoms with Gasteiger partial charge in [0.2, 0.25) is 0 Å². The minimum atomic E-state index is 0.261. The molecule has 3 rings (SSSR count). The van der Waals surface area contributed by atoms with Crippen LogP contribution in [-0.4, -0.2) is 20.0 Å². The lowest BCUT2D eigenvalue weighted by Gasteiger charge is -2.09. The van der Waals surface area contributed by atoms with E-state index in [0.29, 0.717) is 22.3 Å². The minimum absolute atomic E-state index is 0.261. The lowest BCUT2D eigenvalue weighted by atomic mass is 10.2. The molecule has 21 heavy (non-hydrogen) atoms. The van der Waals surface area contributed by atoms with Gasteiger partial charge in [0.1, 0.15) is 11.8 Å². The van der Waals surface area contributed by atoms with Gasteiger partial charge in [0.25, 0.3) is 0 Å². The number of hydrogen-bond acceptors (Lipinski definition) is 3. The van der Waals surface area contributed by atoms with Crippen LogP contribution in [0.2, 0.25) is 10.0 Å². The molecule has 0 unspecified atom stereocenters. The van der Waals surface area contributed by atoms with Crippen molar-refractivity contribution in [3.05, 3.63) is 57.8 Å². The maximum absolute atomic E-state index is 9.04. The molecule has 5 nitrogen and oxygen atoms in total. The van der Waals surface area contributed by atoms with Crippen LogP contribution in [0.25, 0.3) is 11.4 Å². The summed E-state index contributed by atoms with van der Waals surface area (Å²) in [5.74, 6) is 0. The Morgan fingerprint density at radius 2 is 2.10 bits per heavy atom. The molecule has 0 spiro atoms. The van der Waals surface area contributed by atoms with E-state index < -0.39 is 0 Å². The topological polar surface area (TPSA) is 70.3 Å². The van der Waals surface area contributed by atoms with Crippen LogP contribution in [0.3, 0.4) is 0 Å². The number of nitriles is 1. The van der Waals surface area contributed by atoms with Gasteiger partial charge in [-0.3, -0.25) is 0 Å². The average molecular weight is 318 g/mol. The molecule has 3 aromatic rings. The van der Waals surface area contributed by atoms with Crippen molar-refractivity contribution < 1.29 is 0 Å². The maximum atomic E-state index is 9.04. The first-order valence-electron chi connectivity index (χ1n) is 6.09. The van der Waals surface area contributed by atoms with Crippen molar-refractivity contribution in [3.8, 4) is 17.5 Å². The highest BCUT2D eigenvalue weighted by molar-refractivity contribution is 6.35. The molecule has 7 heteroatoms. The van der Waals surface area contributed by atoms with E-state index in [1.54, 1.807) is 12.1 Å². The highest BCUT2D eigenvalue weighted by atomic mass is 35.5. The summed E-state index contributed by atoms with van der Waals surface area (Å²) < 4.78 is 1.95. The molecule has 0 bridgehead atoms. The highest BCUT2D eigenvalue weighted by Gasteiger charge is 2.14. The van der Waals surface area contributed by atoms with Crippen LogP contribution in [0.4, 0.5) is 0 Å². The van der Waals surface area contributed by atoms with Gasteiger partial charge >= 0.3 is 0 Å². The molecule has 0 fully saturated rings. The summed E-state index contributed by atoms with van der Waals surface area (Å²) in [5.41, 5.74) is 2.51. The molecule has 0 atom stereocenters. The van der Waals surface area contributed by atoms with Crippen molar-refractivity contribution >= 4 is 23.2 Å². The molecule has 1 aromatic carbocycles. The molecule has 104 valence electrons. The zero-order valence-electron chi connectivity index (χ0n) is 10.7. The number of H-pyrrole nitrogens is 1. The van der Waals surface area contributed by atoms with Crippen molar-refractivity contribution in [2.75, 3.05) is 0 Å². The summed E-state index contributed by atoms with van der Waals surface area (Å²) in [6.45, 7) is 0.552. The Hall–Kier alpha value is -2.29. The third-order valence-electron chi connectivity index (χ3n) is 3.08. The zero-order chi connectivity index (χ0) is 14.8. The van der Waals surface area contributed by atoms with Gasteiger partial charge in [-0.25, -0.2) is 0 Å². The molecule has 2 aromatic heterocycles. The molecule has 0 amide bonds. The largest absolute Gasteiger partial charge is 0.342 e. The standard InChI is InChI=1S/C14H9Cl2N5/c15-10-4-3-9(11(16)6-10)8-21-5-1-2-13(21)14-12(7-17)18-20-19-14/h1-6H,8H2,(H,18,19,20). The van der Waals surface area contributed by atoms with E-state index in [0.717, 1.165) is 11.3 Å². The summed E-state index contributed by atoms with van der Waals surface area (Å²) in [6, 6.07) is 11.2.